The number of nitrogen functional groups attached to an aromatic ring is 1. The molecular formula is C15H15FN2O2. The molecule has 0 atom stereocenters. The first-order valence-corrected chi connectivity index (χ1v) is 6.17. The number of rotatable bonds is 4. The number of nitrogens with one attached hydrogen (secondary N) is 1. The van der Waals surface area contributed by atoms with E-state index in [0.717, 1.165) is 5.56 Å². The number of benzene rings is 2. The molecule has 0 radical (unpaired) electrons. The third kappa shape index (κ3) is 3.47. The molecule has 0 saturated heterocycles. The van der Waals surface area contributed by atoms with Crippen LogP contribution in [-0.2, 0) is 6.42 Å². The molecule has 2 aromatic rings. The highest BCUT2D eigenvalue weighted by Gasteiger charge is 2.10. The van der Waals surface area contributed by atoms with Crippen molar-refractivity contribution in [2.45, 2.75) is 6.42 Å². The van der Waals surface area contributed by atoms with E-state index in [0.29, 0.717) is 18.7 Å². The van der Waals surface area contributed by atoms with Crippen molar-refractivity contribution in [1.29, 1.82) is 0 Å². The monoisotopic (exact) mass is 274 g/mol. The third-order valence-corrected chi connectivity index (χ3v) is 2.87. The van der Waals surface area contributed by atoms with Crippen LogP contribution in [0.25, 0.3) is 0 Å². The van der Waals surface area contributed by atoms with E-state index in [1.165, 1.54) is 30.3 Å². The summed E-state index contributed by atoms with van der Waals surface area (Å²) in [4.78, 5) is 11.9. The Morgan fingerprint density at radius 3 is 2.80 bits per heavy atom. The number of halogens is 1. The van der Waals surface area contributed by atoms with E-state index in [9.17, 15) is 14.3 Å². The molecule has 5 heteroatoms. The molecule has 0 aliphatic heterocycles. The predicted molar refractivity (Wildman–Crippen MR) is 75.0 cm³/mol. The topological polar surface area (TPSA) is 75.3 Å². The Morgan fingerprint density at radius 1 is 1.25 bits per heavy atom. The smallest absolute Gasteiger partial charge is 0.253 e. The highest BCUT2D eigenvalue weighted by molar-refractivity contribution is 5.99. The zero-order chi connectivity index (χ0) is 14.5. The highest BCUT2D eigenvalue weighted by Crippen LogP contribution is 2.18. The predicted octanol–water partition coefficient (Wildman–Crippen LogP) is 2.09. The van der Waals surface area contributed by atoms with Gasteiger partial charge in [0.15, 0.2) is 0 Å². The quantitative estimate of drug-likeness (QED) is 0.590. The Balaban J connectivity index is 1.94. The molecule has 2 aromatic carbocycles. The van der Waals surface area contributed by atoms with Crippen molar-refractivity contribution >= 4 is 11.6 Å². The molecule has 0 aliphatic carbocycles. The van der Waals surface area contributed by atoms with Gasteiger partial charge in [-0.15, -0.1) is 0 Å². The highest BCUT2D eigenvalue weighted by atomic mass is 19.1. The number of aromatic hydroxyl groups is 1. The molecular weight excluding hydrogens is 259 g/mol. The van der Waals surface area contributed by atoms with Gasteiger partial charge in [0.25, 0.3) is 5.91 Å². The molecule has 4 nitrogen and oxygen atoms in total. The van der Waals surface area contributed by atoms with Crippen LogP contribution in [0.15, 0.2) is 42.5 Å². The maximum Gasteiger partial charge on any atom is 0.253 e. The van der Waals surface area contributed by atoms with E-state index in [4.69, 9.17) is 5.73 Å². The summed E-state index contributed by atoms with van der Waals surface area (Å²) in [5, 5.41) is 12.0. The Morgan fingerprint density at radius 2 is 2.05 bits per heavy atom. The van der Waals surface area contributed by atoms with Crippen LogP contribution in [-0.4, -0.2) is 17.6 Å². The van der Waals surface area contributed by atoms with Crippen LogP contribution < -0.4 is 11.1 Å². The molecule has 104 valence electrons. The third-order valence-electron chi connectivity index (χ3n) is 2.87. The maximum absolute atomic E-state index is 13.0. The Labute approximate surface area is 116 Å². The molecule has 0 heterocycles. The number of carbonyl (C=O) groups excluding carboxylic acids is 1. The van der Waals surface area contributed by atoms with Gasteiger partial charge in [0.2, 0.25) is 0 Å². The van der Waals surface area contributed by atoms with E-state index < -0.39 is 0 Å². The van der Waals surface area contributed by atoms with Crippen LogP contribution in [0.5, 0.6) is 5.75 Å². The van der Waals surface area contributed by atoms with Crippen LogP contribution >= 0.6 is 0 Å². The zero-order valence-electron chi connectivity index (χ0n) is 10.8. The summed E-state index contributed by atoms with van der Waals surface area (Å²) in [6.45, 7) is 0.359. The van der Waals surface area contributed by atoms with Gasteiger partial charge in [0.05, 0.1) is 5.56 Å². The number of carbonyl (C=O) groups is 1. The largest absolute Gasteiger partial charge is 0.508 e. The van der Waals surface area contributed by atoms with Gasteiger partial charge < -0.3 is 16.2 Å². The van der Waals surface area contributed by atoms with Crippen molar-refractivity contribution < 1.29 is 14.3 Å². The number of hydrogen-bond donors (Lipinski definition) is 3. The number of anilines is 1. The molecule has 0 aliphatic rings. The summed E-state index contributed by atoms with van der Waals surface area (Å²) >= 11 is 0. The first-order valence-electron chi connectivity index (χ1n) is 6.17. The van der Waals surface area contributed by atoms with Gasteiger partial charge in [-0.1, -0.05) is 12.1 Å². The van der Waals surface area contributed by atoms with Crippen LogP contribution in [0.2, 0.25) is 0 Å². The van der Waals surface area contributed by atoms with Crippen LogP contribution in [0, 0.1) is 5.82 Å². The van der Waals surface area contributed by atoms with Gasteiger partial charge in [0, 0.05) is 12.2 Å². The molecule has 0 fully saturated rings. The van der Waals surface area contributed by atoms with E-state index in [1.807, 2.05) is 0 Å². The summed E-state index contributed by atoms with van der Waals surface area (Å²) in [7, 11) is 0. The average molecular weight is 274 g/mol. The second kappa shape index (κ2) is 6.06. The minimum Gasteiger partial charge on any atom is -0.508 e. The normalized spacial score (nSPS) is 10.2. The van der Waals surface area contributed by atoms with E-state index in [1.54, 1.807) is 12.1 Å². The summed E-state index contributed by atoms with van der Waals surface area (Å²) in [5.74, 6) is -0.685. The van der Waals surface area contributed by atoms with Crippen molar-refractivity contribution in [2.75, 3.05) is 12.3 Å². The molecule has 1 amide bonds. The lowest BCUT2D eigenvalue weighted by Gasteiger charge is -2.08. The van der Waals surface area contributed by atoms with E-state index in [-0.39, 0.29) is 23.0 Å². The van der Waals surface area contributed by atoms with Crippen molar-refractivity contribution in [1.82, 2.24) is 5.32 Å². The number of amides is 1. The van der Waals surface area contributed by atoms with Gasteiger partial charge in [-0.3, -0.25) is 4.79 Å². The molecule has 0 bridgehead atoms. The summed E-state index contributed by atoms with van der Waals surface area (Å²) in [5.41, 5.74) is 7.00. The van der Waals surface area contributed by atoms with Gasteiger partial charge in [-0.25, -0.2) is 4.39 Å². The summed E-state index contributed by atoms with van der Waals surface area (Å²) in [6.07, 6.45) is 0.516. The number of hydrogen-bond acceptors (Lipinski definition) is 3. The molecule has 0 aromatic heterocycles. The fourth-order valence-corrected chi connectivity index (χ4v) is 1.85. The van der Waals surface area contributed by atoms with Crippen LogP contribution in [0.4, 0.5) is 10.1 Å². The zero-order valence-corrected chi connectivity index (χ0v) is 10.8. The Hall–Kier alpha value is -2.56. The minimum absolute atomic E-state index is 0.0190. The van der Waals surface area contributed by atoms with E-state index in [2.05, 4.69) is 5.32 Å². The molecule has 2 rings (SSSR count). The first-order chi connectivity index (χ1) is 9.56. The van der Waals surface area contributed by atoms with Gasteiger partial charge >= 0.3 is 0 Å². The fraction of sp³-hybridized carbons (Fsp3) is 0.133. The average Bonchev–Trinajstić information content (AvgIpc) is 2.41. The van der Waals surface area contributed by atoms with E-state index >= 15 is 0 Å². The molecule has 0 unspecified atom stereocenters. The molecule has 0 saturated carbocycles. The minimum atomic E-state index is -0.366. The lowest BCUT2D eigenvalue weighted by Crippen LogP contribution is -2.26. The van der Waals surface area contributed by atoms with Gasteiger partial charge in [-0.05, 0) is 42.3 Å². The molecule has 20 heavy (non-hydrogen) atoms. The number of nitrogens with two attached hydrogens (primary N) is 1. The van der Waals surface area contributed by atoms with Crippen molar-refractivity contribution in [3.05, 3.63) is 59.4 Å². The summed E-state index contributed by atoms with van der Waals surface area (Å²) < 4.78 is 13.0. The van der Waals surface area contributed by atoms with Crippen molar-refractivity contribution in [2.24, 2.45) is 0 Å². The van der Waals surface area contributed by atoms with Gasteiger partial charge in [-0.2, -0.15) is 0 Å². The SMILES string of the molecule is Nc1ccc(O)cc1C(=O)NCCc1cccc(F)c1. The van der Waals surface area contributed by atoms with Crippen LogP contribution in [0.1, 0.15) is 15.9 Å². The Bertz CT molecular complexity index is 629. The molecule has 4 N–H and O–H groups in total. The van der Waals surface area contributed by atoms with Gasteiger partial charge in [0.1, 0.15) is 11.6 Å². The Kier molecular flexibility index (Phi) is 4.20. The second-order valence-electron chi connectivity index (χ2n) is 4.41. The second-order valence-corrected chi connectivity index (χ2v) is 4.41. The molecule has 0 spiro atoms. The number of phenolic OH excluding ortho intramolecular Hbond substituents is 1. The number of phenols is 1. The lowest BCUT2D eigenvalue weighted by molar-refractivity contribution is 0.0954. The first kappa shape index (κ1) is 13.9. The lowest BCUT2D eigenvalue weighted by atomic mass is 10.1. The van der Waals surface area contributed by atoms with Crippen molar-refractivity contribution in [3.8, 4) is 5.75 Å². The van der Waals surface area contributed by atoms with Crippen LogP contribution in [0.3, 0.4) is 0 Å². The summed E-state index contributed by atoms with van der Waals surface area (Å²) in [6, 6.07) is 10.4. The van der Waals surface area contributed by atoms with Crippen molar-refractivity contribution in [3.63, 3.8) is 0 Å². The maximum atomic E-state index is 13.0. The fourth-order valence-electron chi connectivity index (χ4n) is 1.85. The standard InChI is InChI=1S/C15H15FN2O2/c16-11-3-1-2-10(8-11)6-7-18-15(20)13-9-12(19)4-5-14(13)17/h1-5,8-9,19H,6-7,17H2,(H,18,20).